The van der Waals surface area contributed by atoms with E-state index in [1.54, 1.807) is 11.1 Å². The van der Waals surface area contributed by atoms with E-state index in [1.807, 2.05) is 19.9 Å². The maximum Gasteiger partial charge on any atom is 0.187 e. The van der Waals surface area contributed by atoms with Crippen molar-refractivity contribution in [1.29, 1.82) is 0 Å². The van der Waals surface area contributed by atoms with Crippen LogP contribution in [0, 0.1) is 21.7 Å². The van der Waals surface area contributed by atoms with Gasteiger partial charge in [0.1, 0.15) is 6.10 Å². The molecule has 0 heterocycles. The van der Waals surface area contributed by atoms with Crippen LogP contribution in [-0.2, 0) is 9.59 Å². The standard InChI is InChI=1S/C16H24O2.C16H26O.C16H24O.C16H26.C15H24.H7P5.H6P4.H5P3.H4P2.H3P/c1-6-7-11(2)8-9-13-12(3)15(18)14(17)10-16(13,4)5;1-6-7-12(2)8-9-15-13(3)10-14(17)11-16(15,4)5;1-6-7-12(2)8-9-14-13(3)15(17)10-11-16(14,4)5;1-6-8-13(2)10-11-15-14(3)9-7-12-16(15,4)5;1-5-6-7-8-9-12-15(4)13-10-11-14(2)3;1-4-5(2)3;1-4(2)3;1-3-2;1-2;/h7-9,14,17H,6,10H2,1-5H3;7-9,14,17H,6,10-11H2,1-5H3;7-9H,6,10-11H2,1-5H3;8,10-11H,6-7,9,12H2,1-5H3;6-9,11-12H,5,10,13H2,1-4H3;4H,1-3H2;1-3H2;3H,1-2H2;1-2H2;1H3/b9-8+,11-7+;2*9-8+,12-7+;11-10+,13-8+;7-6+,9-8+,15-12+;;;;;. The Morgan fingerprint density at radius 1 is 0.531 bits per heavy atom. The topological polar surface area (TPSA) is 74.6 Å². The van der Waals surface area contributed by atoms with Crippen molar-refractivity contribution in [2.24, 2.45) is 21.7 Å². The van der Waals surface area contributed by atoms with Gasteiger partial charge in [0.15, 0.2) is 11.6 Å². The molecule has 14 atom stereocenters. The van der Waals surface area contributed by atoms with Gasteiger partial charge in [-0.3, -0.25) is 9.59 Å². The van der Waals surface area contributed by atoms with E-state index in [1.165, 1.54) is 69.4 Å². The van der Waals surface area contributed by atoms with Crippen LogP contribution in [0.15, 0.2) is 187 Å². The van der Waals surface area contributed by atoms with Crippen LogP contribution in [0.1, 0.15) is 262 Å². The highest BCUT2D eigenvalue weighted by atomic mass is 32.8. The first-order valence-electron chi connectivity index (χ1n) is 34.7. The maximum atomic E-state index is 11.8. The van der Waals surface area contributed by atoms with Crippen LogP contribution in [0.4, 0.5) is 0 Å². The molecule has 0 aromatic carbocycles. The molecular weight excluding hydrogens is 1480 g/mol. The molecule has 0 bridgehead atoms. The molecule has 0 saturated carbocycles. The van der Waals surface area contributed by atoms with Crippen molar-refractivity contribution >= 4 is 141 Å². The molecule has 4 rings (SSSR count). The summed E-state index contributed by atoms with van der Waals surface area (Å²) in [6.45, 7) is 52.0. The highest BCUT2D eigenvalue weighted by molar-refractivity contribution is 8.77. The van der Waals surface area contributed by atoms with Crippen molar-refractivity contribution in [3.63, 3.8) is 0 Å². The van der Waals surface area contributed by atoms with E-state index < -0.39 is 6.10 Å². The summed E-state index contributed by atoms with van der Waals surface area (Å²) < 4.78 is 0. The monoisotopic (exact) mass is 1630 g/mol. The lowest BCUT2D eigenvalue weighted by molar-refractivity contribution is -0.125. The molecule has 98 heavy (non-hydrogen) atoms. The predicted octanol–water partition coefficient (Wildman–Crippen LogP) is 29.4. The Labute approximate surface area is 639 Å². The van der Waals surface area contributed by atoms with Crippen molar-refractivity contribution in [1.82, 2.24) is 0 Å². The minimum atomic E-state index is -0.843. The number of hydrogen-bond donors (Lipinski definition) is 2. The van der Waals surface area contributed by atoms with Gasteiger partial charge in [0, 0.05) is 6.42 Å². The highest BCUT2D eigenvalue weighted by Crippen LogP contribution is 2.71. The van der Waals surface area contributed by atoms with Crippen LogP contribution in [0.3, 0.4) is 0 Å². The minimum Gasteiger partial charge on any atom is -0.393 e. The normalized spacial score (nSPS) is 19.6. The third-order valence-corrected chi connectivity index (χ3v) is 28.4. The first kappa shape index (κ1) is 110. The molecule has 0 saturated heterocycles. The number of carbonyl (C=O) groups excluding carboxylic acids is 2. The van der Waals surface area contributed by atoms with Gasteiger partial charge in [-0.1, -0.05) is 260 Å². The van der Waals surface area contributed by atoms with E-state index in [-0.39, 0.29) is 52.0 Å². The molecule has 0 spiro atoms. The van der Waals surface area contributed by atoms with Gasteiger partial charge in [-0.05, 0) is 235 Å². The molecule has 0 aromatic heterocycles. The fourth-order valence-electron chi connectivity index (χ4n) is 11.5. The summed E-state index contributed by atoms with van der Waals surface area (Å²) in [5.41, 5.74) is 18.2. The molecule has 14 unspecified atom stereocenters. The van der Waals surface area contributed by atoms with Crippen LogP contribution in [0.5, 0.6) is 0 Å². The van der Waals surface area contributed by atoms with E-state index in [2.05, 4.69) is 345 Å². The summed E-state index contributed by atoms with van der Waals surface area (Å²) >= 11 is 0. The van der Waals surface area contributed by atoms with Gasteiger partial charge < -0.3 is 10.2 Å². The average molecular weight is 1630 g/mol. The second-order valence-electron chi connectivity index (χ2n) is 27.9. The Balaban J connectivity index is -0.000000256. The Morgan fingerprint density at radius 3 is 1.28 bits per heavy atom. The van der Waals surface area contributed by atoms with Crippen LogP contribution < -0.4 is 0 Å². The van der Waals surface area contributed by atoms with Gasteiger partial charge in [0.05, 0.1) is 6.10 Å². The van der Waals surface area contributed by atoms with Crippen LogP contribution in [0.25, 0.3) is 0 Å². The molecule has 4 aliphatic rings. The molecule has 564 valence electrons. The zero-order chi connectivity index (χ0) is 76.3. The SMILES string of the molecule is CC/C=C(C)/C=C/C1=C(C)C(=O)C(O)CC1(C)C.CC/C=C(C)/C=C/C1=C(C)C(=O)CCC1(C)C.CC/C=C(C)/C=C/C1=C(C)CC(O)CC1(C)C.CC/C=C(C)/C=C/C1=C(C)CCCC1(C)C.CC/C=C/C=C/C=C(\C)CCC=C(C)C.P.PP.PP(P)P.PPP.PPP(P)P. The summed E-state index contributed by atoms with van der Waals surface area (Å²) in [6, 6.07) is 0. The number of aliphatic hydroxyl groups excluding tert-OH is 2. The molecule has 0 fully saturated rings. The highest BCUT2D eigenvalue weighted by Gasteiger charge is 2.37. The number of Topliss-reactive ketones (excluding diaryl/α,β-unsaturated/α-hetero) is 2. The molecule has 0 amide bonds. The van der Waals surface area contributed by atoms with Crippen molar-refractivity contribution in [3.8, 4) is 0 Å². The Kier molecular flexibility index (Phi) is 72.7. The van der Waals surface area contributed by atoms with E-state index in [4.69, 9.17) is 0 Å². The van der Waals surface area contributed by atoms with E-state index in [0.29, 0.717) is 29.6 Å². The number of allylic oxidation sites excluding steroid dienone is 30. The molecule has 0 aliphatic heterocycles. The van der Waals surface area contributed by atoms with Gasteiger partial charge in [0.25, 0.3) is 0 Å². The van der Waals surface area contributed by atoms with Crippen LogP contribution >= 0.6 is 129 Å². The maximum absolute atomic E-state index is 11.8. The minimum absolute atomic E-state index is 0. The largest absolute Gasteiger partial charge is 0.393 e. The lowest BCUT2D eigenvalue weighted by Gasteiger charge is -2.35. The number of ketones is 2. The first-order chi connectivity index (χ1) is 45.1. The predicted molar refractivity (Wildman–Crippen MR) is 507 cm³/mol. The summed E-state index contributed by atoms with van der Waals surface area (Å²) in [7, 11) is 27.9. The smallest absolute Gasteiger partial charge is 0.187 e. The molecule has 4 nitrogen and oxygen atoms in total. The van der Waals surface area contributed by atoms with Crippen molar-refractivity contribution < 1.29 is 19.8 Å². The number of carbonyl (C=O) groups is 2. The molecular formula is C79H149O4P15. The lowest BCUT2D eigenvalue weighted by atomic mass is 9.71. The van der Waals surface area contributed by atoms with Gasteiger partial charge in [0.2, 0.25) is 0 Å². The average Bonchev–Trinajstić information content (AvgIpc) is 0.817. The molecule has 19 heteroatoms. The quantitative estimate of drug-likeness (QED) is 0.0768. The van der Waals surface area contributed by atoms with E-state index in [0.717, 1.165) is 91.3 Å². The summed E-state index contributed by atoms with van der Waals surface area (Å²) in [5, 5.41) is 19.6. The van der Waals surface area contributed by atoms with Crippen LogP contribution in [-0.4, -0.2) is 34.0 Å². The number of aliphatic hydroxyl groups is 2. The summed E-state index contributed by atoms with van der Waals surface area (Å²) in [4.78, 5) is 23.6. The first-order valence-corrected chi connectivity index (χ1v) is 56.4. The fourth-order valence-corrected chi connectivity index (χ4v) is 11.5. The lowest BCUT2D eigenvalue weighted by Crippen LogP contribution is -2.35. The summed E-state index contributed by atoms with van der Waals surface area (Å²) in [6.07, 6.45) is 53.6. The molecule has 0 aromatic rings. The zero-order valence-corrected chi connectivity index (χ0v) is 83.0. The van der Waals surface area contributed by atoms with Gasteiger partial charge in [-0.15, -0.1) is 89.3 Å². The summed E-state index contributed by atoms with van der Waals surface area (Å²) in [5.74, 6) is 0.173. The third kappa shape index (κ3) is 55.9. The van der Waals surface area contributed by atoms with Crippen molar-refractivity contribution in [2.45, 2.75) is 275 Å². The Hall–Kier alpha value is 1.55. The Morgan fingerprint density at radius 2 is 0.908 bits per heavy atom. The Bertz CT molecular complexity index is 2780. The second-order valence-corrected chi connectivity index (χ2v) is 57.8. The van der Waals surface area contributed by atoms with Gasteiger partial charge in [-0.25, -0.2) is 0 Å². The number of rotatable bonds is 19. The zero-order valence-electron chi connectivity index (χ0n) is 66.2. The third-order valence-electron chi connectivity index (χ3n) is 16.4. The second kappa shape index (κ2) is 64.5. The van der Waals surface area contributed by atoms with Crippen LogP contribution in [0.2, 0.25) is 0 Å². The molecule has 2 N–H and O–H groups in total. The van der Waals surface area contributed by atoms with Crippen molar-refractivity contribution in [2.75, 3.05) is 0 Å². The number of hydrogen-bond acceptors (Lipinski definition) is 4. The molecule has 4 aliphatic carbocycles. The van der Waals surface area contributed by atoms with Gasteiger partial charge >= 0.3 is 0 Å². The fraction of sp³-hybridized carbons (Fsp3) is 0.570. The van der Waals surface area contributed by atoms with E-state index >= 15 is 0 Å². The van der Waals surface area contributed by atoms with Crippen molar-refractivity contribution in [3.05, 3.63) is 187 Å². The molecule has 0 radical (unpaired) electrons. The van der Waals surface area contributed by atoms with E-state index in [9.17, 15) is 19.8 Å². The van der Waals surface area contributed by atoms with Gasteiger partial charge in [-0.2, -0.15) is 9.90 Å².